The summed E-state index contributed by atoms with van der Waals surface area (Å²) in [6.45, 7) is 5.07. The highest BCUT2D eigenvalue weighted by Gasteiger charge is 2.56. The predicted octanol–water partition coefficient (Wildman–Crippen LogP) is 0.711. The van der Waals surface area contributed by atoms with Gasteiger partial charge in [0, 0.05) is 19.7 Å². The summed E-state index contributed by atoms with van der Waals surface area (Å²) < 4.78 is 0. The van der Waals surface area contributed by atoms with Crippen molar-refractivity contribution >= 4 is 0 Å². The molecule has 0 aromatic carbocycles. The van der Waals surface area contributed by atoms with Crippen molar-refractivity contribution in [3.63, 3.8) is 0 Å². The van der Waals surface area contributed by atoms with E-state index < -0.39 is 0 Å². The number of rotatable bonds is 1. The summed E-state index contributed by atoms with van der Waals surface area (Å²) in [4.78, 5) is 2.36. The van der Waals surface area contributed by atoms with Gasteiger partial charge in [-0.1, -0.05) is 6.92 Å². The van der Waals surface area contributed by atoms with E-state index >= 15 is 0 Å². The highest BCUT2D eigenvalue weighted by molar-refractivity contribution is 5.08. The van der Waals surface area contributed by atoms with Crippen molar-refractivity contribution in [2.45, 2.75) is 19.8 Å². The van der Waals surface area contributed by atoms with E-state index in [2.05, 4.69) is 18.9 Å². The summed E-state index contributed by atoms with van der Waals surface area (Å²) >= 11 is 0. The van der Waals surface area contributed by atoms with Crippen LogP contribution >= 0.6 is 0 Å². The maximum atomic E-state index is 9.05. The van der Waals surface area contributed by atoms with Crippen LogP contribution in [0.1, 0.15) is 19.8 Å². The number of hydrogen-bond donors (Lipinski definition) is 1. The summed E-state index contributed by atoms with van der Waals surface area (Å²) in [6, 6.07) is 0. The molecule has 1 saturated heterocycles. The van der Waals surface area contributed by atoms with Crippen molar-refractivity contribution in [2.24, 2.45) is 10.8 Å². The van der Waals surface area contributed by atoms with Crippen LogP contribution in [0.3, 0.4) is 0 Å². The highest BCUT2D eigenvalue weighted by Crippen LogP contribution is 2.58. The summed E-state index contributed by atoms with van der Waals surface area (Å²) in [7, 11) is 2.17. The summed E-state index contributed by atoms with van der Waals surface area (Å²) in [6.07, 6.45) is 2.47. The van der Waals surface area contributed by atoms with Crippen LogP contribution in [0.2, 0.25) is 0 Å². The molecule has 2 aliphatic rings. The third kappa shape index (κ3) is 1.00. The largest absolute Gasteiger partial charge is 0.396 e. The first kappa shape index (κ1) is 7.56. The lowest BCUT2D eigenvalue weighted by Crippen LogP contribution is -2.64. The van der Waals surface area contributed by atoms with Gasteiger partial charge in [-0.2, -0.15) is 0 Å². The van der Waals surface area contributed by atoms with Gasteiger partial charge in [-0.25, -0.2) is 0 Å². The first-order valence-electron chi connectivity index (χ1n) is 4.37. The molecule has 0 atom stereocenters. The summed E-state index contributed by atoms with van der Waals surface area (Å²) in [5.74, 6) is 0. The SMILES string of the molecule is CN1CC2(C1)CC(C)(CO)C2. The zero-order valence-corrected chi connectivity index (χ0v) is 7.43. The molecule has 1 heterocycles. The Balaban J connectivity index is 1.88. The van der Waals surface area contributed by atoms with Gasteiger partial charge in [0.25, 0.3) is 0 Å². The highest BCUT2D eigenvalue weighted by atomic mass is 16.3. The third-order valence-corrected chi connectivity index (χ3v) is 3.20. The van der Waals surface area contributed by atoms with Gasteiger partial charge in [-0.3, -0.25) is 0 Å². The Morgan fingerprint density at radius 1 is 1.36 bits per heavy atom. The molecule has 1 N–H and O–H groups in total. The molecule has 1 spiro atoms. The van der Waals surface area contributed by atoms with Gasteiger partial charge in [0.1, 0.15) is 0 Å². The van der Waals surface area contributed by atoms with E-state index in [1.807, 2.05) is 0 Å². The Hall–Kier alpha value is -0.0800. The van der Waals surface area contributed by atoms with Crippen molar-refractivity contribution in [1.82, 2.24) is 4.90 Å². The molecule has 2 nitrogen and oxygen atoms in total. The van der Waals surface area contributed by atoms with E-state index in [9.17, 15) is 0 Å². The Kier molecular flexibility index (Phi) is 1.37. The number of hydrogen-bond acceptors (Lipinski definition) is 2. The van der Waals surface area contributed by atoms with E-state index in [1.165, 1.54) is 25.9 Å². The zero-order valence-electron chi connectivity index (χ0n) is 7.43. The van der Waals surface area contributed by atoms with Crippen LogP contribution in [0.5, 0.6) is 0 Å². The van der Waals surface area contributed by atoms with E-state index in [1.54, 1.807) is 0 Å². The molecule has 64 valence electrons. The van der Waals surface area contributed by atoms with Crippen LogP contribution in [0.15, 0.2) is 0 Å². The smallest absolute Gasteiger partial charge is 0.0485 e. The minimum absolute atomic E-state index is 0.265. The molecule has 1 aliphatic carbocycles. The van der Waals surface area contributed by atoms with E-state index in [0.717, 1.165) is 0 Å². The lowest BCUT2D eigenvalue weighted by Gasteiger charge is -2.62. The fourth-order valence-corrected chi connectivity index (χ4v) is 3.19. The summed E-state index contributed by atoms with van der Waals surface area (Å²) in [5, 5.41) is 9.05. The Morgan fingerprint density at radius 3 is 2.27 bits per heavy atom. The minimum atomic E-state index is 0.265. The molecule has 0 bridgehead atoms. The predicted molar refractivity (Wildman–Crippen MR) is 44.4 cm³/mol. The molecule has 0 radical (unpaired) electrons. The number of likely N-dealkylation sites (tertiary alicyclic amines) is 1. The number of aliphatic hydroxyl groups is 1. The quantitative estimate of drug-likeness (QED) is 0.603. The molecule has 11 heavy (non-hydrogen) atoms. The monoisotopic (exact) mass is 155 g/mol. The molecule has 0 aromatic rings. The van der Waals surface area contributed by atoms with E-state index in [-0.39, 0.29) is 5.41 Å². The lowest BCUT2D eigenvalue weighted by atomic mass is 9.51. The Bertz CT molecular complexity index is 164. The molecule has 0 unspecified atom stereocenters. The van der Waals surface area contributed by atoms with Crippen LogP contribution in [-0.4, -0.2) is 36.8 Å². The molecule has 1 saturated carbocycles. The molecule has 0 amide bonds. The fourth-order valence-electron chi connectivity index (χ4n) is 3.19. The molecule has 1 aliphatic heterocycles. The Morgan fingerprint density at radius 2 is 1.91 bits per heavy atom. The number of nitrogens with zero attached hydrogens (tertiary/aromatic N) is 1. The van der Waals surface area contributed by atoms with Crippen molar-refractivity contribution in [3.8, 4) is 0 Å². The minimum Gasteiger partial charge on any atom is -0.396 e. The van der Waals surface area contributed by atoms with Gasteiger partial charge in [-0.15, -0.1) is 0 Å². The Labute approximate surface area is 68.2 Å². The lowest BCUT2D eigenvalue weighted by molar-refractivity contribution is -0.143. The third-order valence-electron chi connectivity index (χ3n) is 3.20. The van der Waals surface area contributed by atoms with Crippen molar-refractivity contribution < 1.29 is 5.11 Å². The van der Waals surface area contributed by atoms with Crippen LogP contribution < -0.4 is 0 Å². The van der Waals surface area contributed by atoms with Crippen LogP contribution in [0.25, 0.3) is 0 Å². The maximum absolute atomic E-state index is 9.05. The van der Waals surface area contributed by atoms with Crippen molar-refractivity contribution in [1.29, 1.82) is 0 Å². The summed E-state index contributed by atoms with van der Waals surface area (Å²) in [5.41, 5.74) is 0.882. The number of aliphatic hydroxyl groups excluding tert-OH is 1. The average Bonchev–Trinajstić information content (AvgIpc) is 1.81. The van der Waals surface area contributed by atoms with E-state index in [0.29, 0.717) is 12.0 Å². The van der Waals surface area contributed by atoms with Gasteiger partial charge in [0.05, 0.1) is 0 Å². The fraction of sp³-hybridized carbons (Fsp3) is 1.00. The topological polar surface area (TPSA) is 23.5 Å². The molecule has 2 heteroatoms. The van der Waals surface area contributed by atoms with Crippen LogP contribution in [0, 0.1) is 10.8 Å². The van der Waals surface area contributed by atoms with Gasteiger partial charge in [-0.05, 0) is 30.7 Å². The molecular formula is C9H17NO. The van der Waals surface area contributed by atoms with Gasteiger partial charge >= 0.3 is 0 Å². The van der Waals surface area contributed by atoms with Gasteiger partial charge in [0.15, 0.2) is 0 Å². The van der Waals surface area contributed by atoms with Gasteiger partial charge in [0.2, 0.25) is 0 Å². The van der Waals surface area contributed by atoms with Gasteiger partial charge < -0.3 is 10.0 Å². The molecule has 2 fully saturated rings. The molecule has 0 aromatic heterocycles. The normalized spacial score (nSPS) is 33.0. The second kappa shape index (κ2) is 1.99. The van der Waals surface area contributed by atoms with E-state index in [4.69, 9.17) is 5.11 Å². The zero-order chi connectivity index (χ0) is 8.11. The van der Waals surface area contributed by atoms with Crippen molar-refractivity contribution in [2.75, 3.05) is 26.7 Å². The van der Waals surface area contributed by atoms with Crippen LogP contribution in [-0.2, 0) is 0 Å². The first-order valence-corrected chi connectivity index (χ1v) is 4.37. The van der Waals surface area contributed by atoms with Crippen molar-refractivity contribution in [3.05, 3.63) is 0 Å². The van der Waals surface area contributed by atoms with Crippen LogP contribution in [0.4, 0.5) is 0 Å². The molecule has 2 rings (SSSR count). The standard InChI is InChI=1S/C9H17NO/c1-8(7-11)3-9(4-8)5-10(2)6-9/h11H,3-7H2,1-2H3. The average molecular weight is 155 g/mol. The maximum Gasteiger partial charge on any atom is 0.0485 e. The second-order valence-corrected chi connectivity index (χ2v) is 4.99. The second-order valence-electron chi connectivity index (χ2n) is 4.99. The first-order chi connectivity index (χ1) is 5.08. The molecular weight excluding hydrogens is 138 g/mol.